The highest BCUT2D eigenvalue weighted by Crippen LogP contribution is 2.14. The zero-order valence-electron chi connectivity index (χ0n) is 10.2. The molecule has 0 heterocycles. The van der Waals surface area contributed by atoms with E-state index in [9.17, 15) is 0 Å². The van der Waals surface area contributed by atoms with Crippen LogP contribution in [0.2, 0.25) is 12.1 Å². The molecule has 0 bridgehead atoms. The minimum Gasteiger partial charge on any atom is -0.357 e. The molecule has 0 saturated heterocycles. The van der Waals surface area contributed by atoms with E-state index in [1.54, 1.807) is 0 Å². The van der Waals surface area contributed by atoms with Crippen LogP contribution in [0.1, 0.15) is 40.5 Å². The quantitative estimate of drug-likeness (QED) is 0.437. The van der Waals surface area contributed by atoms with E-state index in [0.717, 1.165) is 13.2 Å². The lowest BCUT2D eigenvalue weighted by Gasteiger charge is -2.25. The molecule has 0 aliphatic rings. The average Bonchev–Trinajstić information content (AvgIpc) is 2.17. The summed E-state index contributed by atoms with van der Waals surface area (Å²) in [6.45, 7) is 10.2. The fourth-order valence-corrected chi connectivity index (χ4v) is 5.05. The molecule has 0 unspecified atom stereocenters. The van der Waals surface area contributed by atoms with Crippen LogP contribution < -0.4 is 0 Å². The predicted molar refractivity (Wildman–Crippen MR) is 64.4 cm³/mol. The molecule has 0 N–H and O–H groups in total. The van der Waals surface area contributed by atoms with Gasteiger partial charge in [0.25, 0.3) is 0 Å². The summed E-state index contributed by atoms with van der Waals surface area (Å²) in [6, 6.07) is 2.69. The second-order valence-electron chi connectivity index (χ2n) is 3.62. The van der Waals surface area contributed by atoms with Gasteiger partial charge in [-0.05, 0) is 13.8 Å². The lowest BCUT2D eigenvalue weighted by molar-refractivity contribution is -0.0858. The second kappa shape index (κ2) is 9.68. The van der Waals surface area contributed by atoms with Crippen molar-refractivity contribution in [2.75, 3.05) is 13.2 Å². The Morgan fingerprint density at radius 3 is 1.57 bits per heavy atom. The maximum atomic E-state index is 5.69. The van der Waals surface area contributed by atoms with Gasteiger partial charge in [0.1, 0.15) is 14.7 Å². The minimum atomic E-state index is -0.828. The topological polar surface area (TPSA) is 18.5 Å². The Balaban J connectivity index is 4.06. The molecule has 0 aromatic rings. The number of ether oxygens (including phenoxy) is 2. The molecule has 86 valence electrons. The maximum absolute atomic E-state index is 5.69. The highest BCUT2D eigenvalue weighted by atomic mass is 28.3. The molecule has 0 saturated carbocycles. The second-order valence-corrected chi connectivity index (χ2v) is 6.84. The van der Waals surface area contributed by atoms with E-state index in [-0.39, 0.29) is 5.91 Å². The van der Waals surface area contributed by atoms with Gasteiger partial charge in [0.2, 0.25) is 0 Å². The van der Waals surface area contributed by atoms with Crippen molar-refractivity contribution in [3.63, 3.8) is 0 Å². The molecule has 3 heteroatoms. The normalized spacial score (nSPS) is 11.6. The molecule has 0 aromatic heterocycles. The monoisotopic (exact) mass is 218 g/mol. The van der Waals surface area contributed by atoms with Crippen LogP contribution in [-0.4, -0.2) is 27.9 Å². The molecular weight excluding hydrogens is 192 g/mol. The van der Waals surface area contributed by atoms with Crippen molar-refractivity contribution in [1.82, 2.24) is 0 Å². The number of hydrogen-bond acceptors (Lipinski definition) is 2. The van der Waals surface area contributed by atoms with Gasteiger partial charge in [-0.2, -0.15) is 0 Å². The molecular formula is C11H26O2Si. The van der Waals surface area contributed by atoms with Crippen molar-refractivity contribution in [3.8, 4) is 0 Å². The number of rotatable bonds is 9. The van der Waals surface area contributed by atoms with Gasteiger partial charge < -0.3 is 9.47 Å². The van der Waals surface area contributed by atoms with E-state index in [1.165, 1.54) is 24.9 Å². The summed E-state index contributed by atoms with van der Waals surface area (Å²) < 4.78 is 11.4. The van der Waals surface area contributed by atoms with Crippen LogP contribution >= 0.6 is 0 Å². The minimum absolute atomic E-state index is 0.157. The molecule has 2 nitrogen and oxygen atoms in total. The predicted octanol–water partition coefficient (Wildman–Crippen LogP) is 2.97. The summed E-state index contributed by atoms with van der Waals surface area (Å²) >= 11 is 0. The Kier molecular flexibility index (Phi) is 9.78. The molecule has 0 radical (unpaired) electrons. The average molecular weight is 218 g/mol. The van der Waals surface area contributed by atoms with Crippen molar-refractivity contribution in [2.24, 2.45) is 0 Å². The SMILES string of the molecule is CCC[SiH](CCC)C(OCC)OCC. The Morgan fingerprint density at radius 1 is 0.857 bits per heavy atom. The molecule has 0 spiro atoms. The Hall–Kier alpha value is 0.137. The van der Waals surface area contributed by atoms with E-state index < -0.39 is 8.80 Å². The first-order valence-corrected chi connectivity index (χ1v) is 8.33. The van der Waals surface area contributed by atoms with E-state index in [2.05, 4.69) is 27.7 Å². The van der Waals surface area contributed by atoms with E-state index >= 15 is 0 Å². The third kappa shape index (κ3) is 5.78. The van der Waals surface area contributed by atoms with Crippen LogP contribution in [0.15, 0.2) is 0 Å². The van der Waals surface area contributed by atoms with Gasteiger partial charge in [-0.3, -0.25) is 0 Å². The highest BCUT2D eigenvalue weighted by Gasteiger charge is 2.22. The standard InChI is InChI=1S/C11H26O2Si/c1-5-9-14(10-6-2)11(12-7-3)13-8-4/h11,14H,5-10H2,1-4H3. The van der Waals surface area contributed by atoms with Gasteiger partial charge in [-0.25, -0.2) is 0 Å². The fourth-order valence-electron chi connectivity index (χ4n) is 1.81. The van der Waals surface area contributed by atoms with Gasteiger partial charge in [-0.1, -0.05) is 38.8 Å². The fraction of sp³-hybridized carbons (Fsp3) is 1.00. The van der Waals surface area contributed by atoms with Crippen molar-refractivity contribution in [2.45, 2.75) is 58.5 Å². The lowest BCUT2D eigenvalue weighted by atomic mass is 10.6. The van der Waals surface area contributed by atoms with Gasteiger partial charge in [0, 0.05) is 13.2 Å². The summed E-state index contributed by atoms with van der Waals surface area (Å²) in [6.07, 6.45) is 2.54. The first-order valence-electron chi connectivity index (χ1n) is 6.03. The van der Waals surface area contributed by atoms with E-state index in [0.29, 0.717) is 0 Å². The summed E-state index contributed by atoms with van der Waals surface area (Å²) in [7, 11) is -0.828. The maximum Gasteiger partial charge on any atom is 0.138 e. The van der Waals surface area contributed by atoms with Crippen molar-refractivity contribution >= 4 is 8.80 Å². The molecule has 0 aliphatic carbocycles. The van der Waals surface area contributed by atoms with Crippen LogP contribution in [0.3, 0.4) is 0 Å². The highest BCUT2D eigenvalue weighted by molar-refractivity contribution is 6.59. The molecule has 0 fully saturated rings. The molecule has 0 amide bonds. The smallest absolute Gasteiger partial charge is 0.138 e. The summed E-state index contributed by atoms with van der Waals surface area (Å²) in [4.78, 5) is 0. The molecule has 14 heavy (non-hydrogen) atoms. The lowest BCUT2D eigenvalue weighted by Crippen LogP contribution is -2.35. The van der Waals surface area contributed by atoms with Crippen LogP contribution in [0.4, 0.5) is 0 Å². The van der Waals surface area contributed by atoms with E-state index in [1.807, 2.05) is 0 Å². The van der Waals surface area contributed by atoms with Crippen LogP contribution in [0, 0.1) is 0 Å². The largest absolute Gasteiger partial charge is 0.357 e. The number of hydrogen-bond donors (Lipinski definition) is 0. The van der Waals surface area contributed by atoms with Crippen LogP contribution in [0.25, 0.3) is 0 Å². The van der Waals surface area contributed by atoms with Gasteiger partial charge >= 0.3 is 0 Å². The van der Waals surface area contributed by atoms with Crippen LogP contribution in [0.5, 0.6) is 0 Å². The molecule has 0 aromatic carbocycles. The van der Waals surface area contributed by atoms with Crippen LogP contribution in [-0.2, 0) is 9.47 Å². The Morgan fingerprint density at radius 2 is 1.29 bits per heavy atom. The zero-order valence-corrected chi connectivity index (χ0v) is 11.4. The first-order chi connectivity index (χ1) is 6.79. The summed E-state index contributed by atoms with van der Waals surface area (Å²) in [5, 5.41) is 0. The third-order valence-corrected chi connectivity index (χ3v) is 6.16. The third-order valence-electron chi connectivity index (χ3n) is 2.37. The first kappa shape index (κ1) is 14.1. The van der Waals surface area contributed by atoms with Gasteiger partial charge in [-0.15, -0.1) is 0 Å². The molecule has 0 rings (SSSR count). The van der Waals surface area contributed by atoms with E-state index in [4.69, 9.17) is 9.47 Å². The summed E-state index contributed by atoms with van der Waals surface area (Å²) in [5.41, 5.74) is 0. The molecule has 0 aliphatic heterocycles. The van der Waals surface area contributed by atoms with Crippen molar-refractivity contribution < 1.29 is 9.47 Å². The summed E-state index contributed by atoms with van der Waals surface area (Å²) in [5.74, 6) is 0.157. The Bertz CT molecular complexity index is 93.9. The Labute approximate surface area is 90.6 Å². The zero-order chi connectivity index (χ0) is 10.8. The van der Waals surface area contributed by atoms with Gasteiger partial charge in [0.15, 0.2) is 0 Å². The van der Waals surface area contributed by atoms with Crippen molar-refractivity contribution in [3.05, 3.63) is 0 Å². The van der Waals surface area contributed by atoms with Crippen molar-refractivity contribution in [1.29, 1.82) is 0 Å². The van der Waals surface area contributed by atoms with Gasteiger partial charge in [0.05, 0.1) is 0 Å². The molecule has 0 atom stereocenters.